The highest BCUT2D eigenvalue weighted by atomic mass is 35.5. The Balaban J connectivity index is 2.02. The molecule has 1 aromatic rings. The Morgan fingerprint density at radius 1 is 1.57 bits per heavy atom. The molecule has 0 saturated carbocycles. The number of rotatable bonds is 1. The van der Waals surface area contributed by atoms with Crippen LogP contribution in [-0.4, -0.2) is 28.8 Å². The Kier molecular flexibility index (Phi) is 2.68. The van der Waals surface area contributed by atoms with Gasteiger partial charge in [-0.2, -0.15) is 0 Å². The molecular formula is C9H13ClN2OS. The molecule has 2 rings (SSSR count). The predicted molar refractivity (Wildman–Crippen MR) is 59.2 cm³/mol. The van der Waals surface area contributed by atoms with Gasteiger partial charge >= 0.3 is 0 Å². The van der Waals surface area contributed by atoms with Crippen LogP contribution in [-0.2, 0) is 0 Å². The smallest absolute Gasteiger partial charge is 0.186 e. The summed E-state index contributed by atoms with van der Waals surface area (Å²) < 4.78 is 0. The number of anilines is 1. The Labute approximate surface area is 92.3 Å². The number of piperidine rings is 1. The molecule has 1 N–H and O–H groups in total. The van der Waals surface area contributed by atoms with E-state index >= 15 is 0 Å². The van der Waals surface area contributed by atoms with Crippen molar-refractivity contribution < 1.29 is 5.11 Å². The van der Waals surface area contributed by atoms with Crippen molar-refractivity contribution in [1.82, 2.24) is 4.98 Å². The fourth-order valence-corrected chi connectivity index (χ4v) is 2.57. The van der Waals surface area contributed by atoms with Gasteiger partial charge in [0.05, 0.1) is 5.60 Å². The molecule has 0 radical (unpaired) electrons. The fourth-order valence-electron chi connectivity index (χ4n) is 1.57. The average Bonchev–Trinajstić information content (AvgIpc) is 2.52. The molecule has 14 heavy (non-hydrogen) atoms. The minimum Gasteiger partial charge on any atom is -0.390 e. The van der Waals surface area contributed by atoms with Gasteiger partial charge in [-0.3, -0.25) is 0 Å². The summed E-state index contributed by atoms with van der Waals surface area (Å²) in [7, 11) is 0. The highest BCUT2D eigenvalue weighted by Crippen LogP contribution is 2.29. The van der Waals surface area contributed by atoms with Gasteiger partial charge in [-0.1, -0.05) is 11.6 Å². The Hall–Kier alpha value is -0.320. The van der Waals surface area contributed by atoms with Crippen LogP contribution in [0.25, 0.3) is 0 Å². The summed E-state index contributed by atoms with van der Waals surface area (Å²) in [4.78, 5) is 6.39. The zero-order valence-electron chi connectivity index (χ0n) is 8.03. The molecule has 5 heteroatoms. The van der Waals surface area contributed by atoms with Gasteiger partial charge in [-0.25, -0.2) is 4.98 Å². The highest BCUT2D eigenvalue weighted by molar-refractivity contribution is 7.14. The predicted octanol–water partition coefficient (Wildman–Crippen LogP) is 2.15. The van der Waals surface area contributed by atoms with E-state index in [-0.39, 0.29) is 0 Å². The lowest BCUT2D eigenvalue weighted by atomic mass is 9.94. The second-order valence-electron chi connectivity index (χ2n) is 3.94. The summed E-state index contributed by atoms with van der Waals surface area (Å²) in [5.74, 6) is 0. The molecule has 1 saturated heterocycles. The van der Waals surface area contributed by atoms with Gasteiger partial charge in [0.15, 0.2) is 5.13 Å². The van der Waals surface area contributed by atoms with Crippen molar-refractivity contribution in [3.8, 4) is 0 Å². The van der Waals surface area contributed by atoms with Gasteiger partial charge in [0.25, 0.3) is 0 Å². The van der Waals surface area contributed by atoms with Crippen molar-refractivity contribution in [2.75, 3.05) is 18.0 Å². The van der Waals surface area contributed by atoms with Crippen LogP contribution in [0.4, 0.5) is 5.13 Å². The van der Waals surface area contributed by atoms with Crippen molar-refractivity contribution in [2.45, 2.75) is 25.4 Å². The van der Waals surface area contributed by atoms with Crippen LogP contribution in [0, 0.1) is 0 Å². The number of halogens is 1. The average molecular weight is 233 g/mol. The van der Waals surface area contributed by atoms with Crippen molar-refractivity contribution in [2.24, 2.45) is 0 Å². The molecule has 1 aliphatic heterocycles. The van der Waals surface area contributed by atoms with Gasteiger partial charge in [-0.15, -0.1) is 11.3 Å². The van der Waals surface area contributed by atoms with Crippen LogP contribution in [0.1, 0.15) is 19.8 Å². The van der Waals surface area contributed by atoms with E-state index in [0.29, 0.717) is 5.15 Å². The number of nitrogens with zero attached hydrogens (tertiary/aromatic N) is 2. The standard InChI is InChI=1S/C9H13ClN2OS/c1-9(13)2-4-12(5-3-9)8-11-7(10)6-14-8/h6,13H,2-5H2,1H3. The van der Waals surface area contributed by atoms with E-state index in [1.54, 1.807) is 11.3 Å². The van der Waals surface area contributed by atoms with Gasteiger partial charge in [-0.05, 0) is 19.8 Å². The van der Waals surface area contributed by atoms with Crippen LogP contribution < -0.4 is 4.90 Å². The highest BCUT2D eigenvalue weighted by Gasteiger charge is 2.28. The lowest BCUT2D eigenvalue weighted by Gasteiger charge is -2.35. The number of thiazole rings is 1. The Bertz CT molecular complexity index is 316. The van der Waals surface area contributed by atoms with Crippen molar-refractivity contribution >= 4 is 28.1 Å². The largest absolute Gasteiger partial charge is 0.390 e. The summed E-state index contributed by atoms with van der Waals surface area (Å²) in [6.45, 7) is 3.60. The molecule has 2 heterocycles. The molecule has 3 nitrogen and oxygen atoms in total. The fraction of sp³-hybridized carbons (Fsp3) is 0.667. The maximum atomic E-state index is 9.77. The minimum atomic E-state index is -0.502. The van der Waals surface area contributed by atoms with Crippen molar-refractivity contribution in [3.63, 3.8) is 0 Å². The van der Waals surface area contributed by atoms with E-state index < -0.39 is 5.60 Å². The molecule has 1 aromatic heterocycles. The first-order valence-corrected chi connectivity index (χ1v) is 5.91. The number of aliphatic hydroxyl groups is 1. The molecule has 0 bridgehead atoms. The second-order valence-corrected chi connectivity index (χ2v) is 5.16. The van der Waals surface area contributed by atoms with E-state index in [1.807, 2.05) is 12.3 Å². The van der Waals surface area contributed by atoms with Crippen LogP contribution >= 0.6 is 22.9 Å². The maximum absolute atomic E-state index is 9.77. The zero-order valence-corrected chi connectivity index (χ0v) is 9.61. The topological polar surface area (TPSA) is 36.4 Å². The summed E-state index contributed by atoms with van der Waals surface area (Å²) in [5, 5.41) is 13.1. The quantitative estimate of drug-likeness (QED) is 0.806. The van der Waals surface area contributed by atoms with Crippen molar-refractivity contribution in [3.05, 3.63) is 10.5 Å². The molecule has 0 unspecified atom stereocenters. The first kappa shape index (κ1) is 10.2. The van der Waals surface area contributed by atoms with Crippen LogP contribution in [0.15, 0.2) is 5.38 Å². The molecule has 1 fully saturated rings. The van der Waals surface area contributed by atoms with Gasteiger partial charge < -0.3 is 10.0 Å². The Morgan fingerprint density at radius 2 is 2.21 bits per heavy atom. The third-order valence-corrected chi connectivity index (χ3v) is 3.80. The van der Waals surface area contributed by atoms with E-state index in [0.717, 1.165) is 31.1 Å². The molecule has 0 atom stereocenters. The summed E-state index contributed by atoms with van der Waals surface area (Å²) in [5.41, 5.74) is -0.502. The second kappa shape index (κ2) is 3.68. The van der Waals surface area contributed by atoms with E-state index in [2.05, 4.69) is 9.88 Å². The monoisotopic (exact) mass is 232 g/mol. The number of hydrogen-bond acceptors (Lipinski definition) is 4. The Morgan fingerprint density at radius 3 is 2.71 bits per heavy atom. The zero-order chi connectivity index (χ0) is 10.2. The third-order valence-electron chi connectivity index (χ3n) is 2.58. The molecular weight excluding hydrogens is 220 g/mol. The normalized spacial score (nSPS) is 21.2. The van der Waals surface area contributed by atoms with E-state index in [1.165, 1.54) is 0 Å². The molecule has 0 amide bonds. The van der Waals surface area contributed by atoms with Gasteiger partial charge in [0, 0.05) is 18.5 Å². The first-order chi connectivity index (χ1) is 6.57. The van der Waals surface area contributed by atoms with Gasteiger partial charge in [0.2, 0.25) is 0 Å². The van der Waals surface area contributed by atoms with Gasteiger partial charge in [0.1, 0.15) is 5.15 Å². The molecule has 0 aliphatic carbocycles. The van der Waals surface area contributed by atoms with Crippen LogP contribution in [0.2, 0.25) is 5.15 Å². The number of aromatic nitrogens is 1. The van der Waals surface area contributed by atoms with E-state index in [4.69, 9.17) is 11.6 Å². The lowest BCUT2D eigenvalue weighted by molar-refractivity contribution is 0.0351. The van der Waals surface area contributed by atoms with Crippen molar-refractivity contribution in [1.29, 1.82) is 0 Å². The molecule has 0 aromatic carbocycles. The first-order valence-electron chi connectivity index (χ1n) is 4.65. The minimum absolute atomic E-state index is 0.502. The lowest BCUT2D eigenvalue weighted by Crippen LogP contribution is -2.42. The van der Waals surface area contributed by atoms with E-state index in [9.17, 15) is 5.11 Å². The summed E-state index contributed by atoms with van der Waals surface area (Å²) >= 11 is 7.32. The molecule has 0 spiro atoms. The molecule has 1 aliphatic rings. The summed E-state index contributed by atoms with van der Waals surface area (Å²) in [6, 6.07) is 0. The third kappa shape index (κ3) is 2.19. The molecule has 78 valence electrons. The SMILES string of the molecule is CC1(O)CCN(c2nc(Cl)cs2)CC1. The van der Waals surface area contributed by atoms with Crippen LogP contribution in [0.3, 0.4) is 0 Å². The maximum Gasteiger partial charge on any atom is 0.186 e. The van der Waals surface area contributed by atoms with Crippen LogP contribution in [0.5, 0.6) is 0 Å². The number of hydrogen-bond donors (Lipinski definition) is 1. The summed E-state index contributed by atoms with van der Waals surface area (Å²) in [6.07, 6.45) is 1.59.